The molecule has 2 N–H and O–H groups in total. The Kier molecular flexibility index (Phi) is 28.4. The Hall–Kier alpha value is -0.500. The molecule has 0 rings (SSSR count). The highest BCUT2D eigenvalue weighted by Crippen LogP contribution is 2.38. The highest BCUT2D eigenvalue weighted by atomic mass is 31.2. The number of nitrogens with zero attached hydrogens (tertiary/aromatic N) is 1. The van der Waals surface area contributed by atoms with Crippen molar-refractivity contribution in [3.05, 3.63) is 0 Å². The molecule has 3 atom stereocenters. The number of quaternary nitrogens is 1. The molecule has 0 aliphatic heterocycles. The number of hydrogen-bond donors (Lipinski definition) is 2. The number of aliphatic hydroxyl groups is 1. The number of amides is 1. The molecule has 0 bridgehead atoms. The fourth-order valence-corrected chi connectivity index (χ4v) is 6.05. The Balaban J connectivity index is 4.34. The summed E-state index contributed by atoms with van der Waals surface area (Å²) in [6, 6.07) is -0.789. The van der Waals surface area contributed by atoms with Crippen LogP contribution < -0.4 is 10.2 Å². The molecule has 0 aromatic rings. The number of aliphatic hydroxyl groups excluding tert-OH is 1. The third-order valence-corrected chi connectivity index (χ3v) is 9.31. The minimum Gasteiger partial charge on any atom is -0.756 e. The summed E-state index contributed by atoms with van der Waals surface area (Å²) in [6.45, 7) is 4.66. The first kappa shape index (κ1) is 43.5. The third-order valence-electron chi connectivity index (χ3n) is 8.35. The topological polar surface area (TPSA) is 108 Å². The molecule has 0 spiro atoms. The zero-order valence-corrected chi connectivity index (χ0v) is 30.5. The van der Waals surface area contributed by atoms with Gasteiger partial charge in [-0.15, -0.1) is 0 Å². The van der Waals surface area contributed by atoms with Gasteiger partial charge in [0.1, 0.15) is 13.2 Å². The largest absolute Gasteiger partial charge is 0.756 e. The van der Waals surface area contributed by atoms with Crippen LogP contribution >= 0.6 is 7.82 Å². The Labute approximate surface area is 272 Å². The Morgan fingerprint density at radius 1 is 0.705 bits per heavy atom. The van der Waals surface area contributed by atoms with Crippen LogP contribution in [0, 0.1) is 0 Å². The van der Waals surface area contributed by atoms with Gasteiger partial charge in [0.25, 0.3) is 7.82 Å². The van der Waals surface area contributed by atoms with Crippen LogP contribution in [0.25, 0.3) is 0 Å². The van der Waals surface area contributed by atoms with Crippen LogP contribution in [0.15, 0.2) is 0 Å². The van der Waals surface area contributed by atoms with E-state index in [1.54, 1.807) is 0 Å². The molecule has 3 unspecified atom stereocenters. The second-order valence-electron chi connectivity index (χ2n) is 13.9. The van der Waals surface area contributed by atoms with Crippen molar-refractivity contribution >= 4 is 13.7 Å². The first-order valence-corrected chi connectivity index (χ1v) is 19.8. The summed E-state index contributed by atoms with van der Waals surface area (Å²) in [5.41, 5.74) is 0. The average molecular weight is 649 g/mol. The third kappa shape index (κ3) is 30.2. The fraction of sp³-hybridized carbons (Fsp3) is 0.971. The molecule has 0 aliphatic carbocycles. The van der Waals surface area contributed by atoms with E-state index in [9.17, 15) is 19.4 Å². The predicted octanol–water partition coefficient (Wildman–Crippen LogP) is 8.44. The molecule has 44 heavy (non-hydrogen) atoms. The normalized spacial score (nSPS) is 14.8. The zero-order chi connectivity index (χ0) is 32.9. The van der Waals surface area contributed by atoms with Gasteiger partial charge in [-0.3, -0.25) is 9.36 Å². The molecular formula is C35H73N2O6P. The molecule has 0 fully saturated rings. The van der Waals surface area contributed by atoms with Gasteiger partial charge in [0.05, 0.1) is 39.9 Å². The van der Waals surface area contributed by atoms with Crippen LogP contribution in [0.3, 0.4) is 0 Å². The molecule has 264 valence electrons. The molecule has 0 saturated heterocycles. The van der Waals surface area contributed by atoms with Crippen molar-refractivity contribution in [2.45, 2.75) is 180 Å². The predicted molar refractivity (Wildman–Crippen MR) is 183 cm³/mol. The summed E-state index contributed by atoms with van der Waals surface area (Å²) in [4.78, 5) is 25.0. The second kappa shape index (κ2) is 28.7. The minimum absolute atomic E-state index is 0.0150. The van der Waals surface area contributed by atoms with Gasteiger partial charge in [-0.2, -0.15) is 0 Å². The summed E-state index contributed by atoms with van der Waals surface area (Å²) in [5.74, 6) is -0.168. The lowest BCUT2D eigenvalue weighted by Crippen LogP contribution is -2.46. The van der Waals surface area contributed by atoms with E-state index in [0.717, 1.165) is 38.5 Å². The second-order valence-corrected chi connectivity index (χ2v) is 15.4. The number of carbonyl (C=O) groups is 1. The lowest BCUT2D eigenvalue weighted by Gasteiger charge is -2.30. The van der Waals surface area contributed by atoms with Crippen molar-refractivity contribution in [1.82, 2.24) is 5.32 Å². The molecule has 0 heterocycles. The van der Waals surface area contributed by atoms with Gasteiger partial charge in [0.2, 0.25) is 5.91 Å². The lowest BCUT2D eigenvalue weighted by molar-refractivity contribution is -0.870. The number of likely N-dealkylation sites (N-methyl/N-ethyl adjacent to an activating group) is 1. The number of nitrogens with one attached hydrogen (secondary N) is 1. The van der Waals surface area contributed by atoms with Crippen LogP contribution in [0.5, 0.6) is 0 Å². The average Bonchev–Trinajstić information content (AvgIpc) is 2.95. The number of unbranched alkanes of at least 4 members (excludes halogenated alkanes) is 20. The molecule has 1 amide bonds. The van der Waals surface area contributed by atoms with Crippen LogP contribution in [-0.4, -0.2) is 68.5 Å². The number of phosphoric ester groups is 1. The van der Waals surface area contributed by atoms with E-state index in [2.05, 4.69) is 19.2 Å². The highest BCUT2D eigenvalue weighted by Gasteiger charge is 2.24. The van der Waals surface area contributed by atoms with Gasteiger partial charge in [0, 0.05) is 6.42 Å². The molecular weight excluding hydrogens is 575 g/mol. The van der Waals surface area contributed by atoms with Crippen LogP contribution in [0.2, 0.25) is 0 Å². The van der Waals surface area contributed by atoms with Crippen molar-refractivity contribution in [3.63, 3.8) is 0 Å². The van der Waals surface area contributed by atoms with Crippen molar-refractivity contribution < 1.29 is 32.9 Å². The smallest absolute Gasteiger partial charge is 0.268 e. The zero-order valence-electron chi connectivity index (χ0n) is 29.6. The van der Waals surface area contributed by atoms with E-state index in [1.807, 2.05) is 21.1 Å². The molecule has 9 heteroatoms. The van der Waals surface area contributed by atoms with Crippen molar-refractivity contribution in [1.29, 1.82) is 0 Å². The monoisotopic (exact) mass is 649 g/mol. The minimum atomic E-state index is -4.54. The van der Waals surface area contributed by atoms with Gasteiger partial charge < -0.3 is 28.8 Å². The van der Waals surface area contributed by atoms with E-state index < -0.39 is 20.0 Å². The summed E-state index contributed by atoms with van der Waals surface area (Å²) in [6.07, 6.45) is 26.8. The summed E-state index contributed by atoms with van der Waals surface area (Å²) in [7, 11) is 1.31. The SMILES string of the molecule is CCCCCCCCCCCCCCCCCC(=O)NC(COP(=O)([O-])OCC[N+](C)(C)C)C(O)CCCCCCCCC. The first-order valence-electron chi connectivity index (χ1n) is 18.4. The molecule has 0 radical (unpaired) electrons. The van der Waals surface area contributed by atoms with Gasteiger partial charge in [-0.25, -0.2) is 0 Å². The van der Waals surface area contributed by atoms with Gasteiger partial charge in [0.15, 0.2) is 0 Å². The van der Waals surface area contributed by atoms with E-state index in [4.69, 9.17) is 9.05 Å². The van der Waals surface area contributed by atoms with Crippen molar-refractivity contribution in [3.8, 4) is 0 Å². The number of rotatable bonds is 33. The Morgan fingerprint density at radius 3 is 1.55 bits per heavy atom. The molecule has 0 aliphatic rings. The maximum Gasteiger partial charge on any atom is 0.268 e. The number of phosphoric acid groups is 1. The Bertz CT molecular complexity index is 703. The summed E-state index contributed by atoms with van der Waals surface area (Å²) < 4.78 is 23.0. The van der Waals surface area contributed by atoms with E-state index in [1.165, 1.54) is 103 Å². The standard InChI is InChI=1S/C35H73N2O6P/c1-6-8-10-12-14-15-16-17-18-19-20-21-23-25-27-29-35(39)36-33(34(38)28-26-24-22-13-11-9-7-2)32-43-44(40,41)42-31-30-37(3,4)5/h33-34,38H,6-32H2,1-5H3,(H-,36,39,40,41). The summed E-state index contributed by atoms with van der Waals surface area (Å²) in [5, 5.41) is 13.7. The number of hydrogen-bond acceptors (Lipinski definition) is 6. The van der Waals surface area contributed by atoms with E-state index >= 15 is 0 Å². The van der Waals surface area contributed by atoms with Crippen LogP contribution in [0.1, 0.15) is 168 Å². The van der Waals surface area contributed by atoms with Gasteiger partial charge in [-0.1, -0.05) is 149 Å². The number of carbonyl (C=O) groups excluding carboxylic acids is 1. The maximum atomic E-state index is 12.7. The van der Waals surface area contributed by atoms with E-state index in [0.29, 0.717) is 23.9 Å². The van der Waals surface area contributed by atoms with Crippen molar-refractivity contribution in [2.75, 3.05) is 40.9 Å². The van der Waals surface area contributed by atoms with Crippen LogP contribution in [0.4, 0.5) is 0 Å². The highest BCUT2D eigenvalue weighted by molar-refractivity contribution is 7.45. The quantitative estimate of drug-likeness (QED) is 0.0420. The fourth-order valence-electron chi connectivity index (χ4n) is 5.33. The van der Waals surface area contributed by atoms with Gasteiger partial charge >= 0.3 is 0 Å². The first-order chi connectivity index (χ1) is 21.0. The van der Waals surface area contributed by atoms with Gasteiger partial charge in [-0.05, 0) is 12.8 Å². The molecule has 0 aromatic carbocycles. The Morgan fingerprint density at radius 2 is 1.11 bits per heavy atom. The molecule has 8 nitrogen and oxygen atoms in total. The lowest BCUT2D eigenvalue weighted by atomic mass is 10.0. The molecule has 0 aromatic heterocycles. The van der Waals surface area contributed by atoms with Crippen molar-refractivity contribution in [2.24, 2.45) is 0 Å². The summed E-state index contributed by atoms with van der Waals surface area (Å²) >= 11 is 0. The maximum absolute atomic E-state index is 12.7. The van der Waals surface area contributed by atoms with E-state index in [-0.39, 0.29) is 19.1 Å². The van der Waals surface area contributed by atoms with Crippen LogP contribution in [-0.2, 0) is 18.4 Å². The molecule has 0 saturated carbocycles.